The molecular weight excluding hydrogens is 1150 g/mol. The van der Waals surface area contributed by atoms with Crippen molar-refractivity contribution >= 4 is 39.5 Å². The summed E-state index contributed by atoms with van der Waals surface area (Å²) in [4.78, 5) is 72.4. The maximum absolute atomic E-state index is 13.0. The Labute approximate surface area is 530 Å². The van der Waals surface area contributed by atoms with Crippen LogP contribution >= 0.6 is 15.6 Å². The maximum atomic E-state index is 13.0. The number of aliphatic hydroxyl groups excluding tert-OH is 1. The summed E-state index contributed by atoms with van der Waals surface area (Å²) in [5, 5.41) is 10.6. The van der Waals surface area contributed by atoms with Crippen LogP contribution in [0.2, 0.25) is 0 Å². The fraction of sp³-hybridized carbons (Fsp3) is 0.941. The fourth-order valence-electron chi connectivity index (χ4n) is 10.1. The van der Waals surface area contributed by atoms with Crippen LogP contribution in [0.25, 0.3) is 0 Å². The molecule has 0 heterocycles. The van der Waals surface area contributed by atoms with Crippen molar-refractivity contribution in [2.45, 2.75) is 350 Å². The number of rotatable bonds is 65. The van der Waals surface area contributed by atoms with Crippen molar-refractivity contribution in [2.24, 2.45) is 23.7 Å². The zero-order chi connectivity index (χ0) is 64.7. The Morgan fingerprint density at radius 2 is 0.552 bits per heavy atom. The molecule has 17 nitrogen and oxygen atoms in total. The van der Waals surface area contributed by atoms with Crippen molar-refractivity contribution in [1.82, 2.24) is 0 Å². The molecule has 3 N–H and O–H groups in total. The predicted octanol–water partition coefficient (Wildman–Crippen LogP) is 18.9. The molecule has 19 heteroatoms. The van der Waals surface area contributed by atoms with E-state index in [2.05, 4.69) is 55.4 Å². The third kappa shape index (κ3) is 61.3. The lowest BCUT2D eigenvalue weighted by Crippen LogP contribution is -2.30. The van der Waals surface area contributed by atoms with Gasteiger partial charge in [-0.3, -0.25) is 37.3 Å². The molecule has 0 bridgehead atoms. The van der Waals surface area contributed by atoms with Gasteiger partial charge in [0.05, 0.1) is 26.4 Å². The first kappa shape index (κ1) is 85.1. The molecule has 0 saturated carbocycles. The summed E-state index contributed by atoms with van der Waals surface area (Å²) in [7, 11) is -9.90. The normalized spacial score (nSPS) is 14.6. The first-order valence-corrected chi connectivity index (χ1v) is 38.2. The van der Waals surface area contributed by atoms with Gasteiger partial charge in [0.25, 0.3) is 0 Å². The predicted molar refractivity (Wildman–Crippen MR) is 349 cm³/mol. The van der Waals surface area contributed by atoms with E-state index in [4.69, 9.17) is 37.0 Å². The molecule has 0 amide bonds. The Kier molecular flexibility index (Phi) is 56.6. The molecule has 0 radical (unpaired) electrons. The van der Waals surface area contributed by atoms with Crippen LogP contribution < -0.4 is 0 Å². The first-order valence-electron chi connectivity index (χ1n) is 35.2. The summed E-state index contributed by atoms with van der Waals surface area (Å²) in [6.07, 6.45) is 38.9. The smallest absolute Gasteiger partial charge is 0.462 e. The van der Waals surface area contributed by atoms with Crippen molar-refractivity contribution < 1.29 is 80.2 Å². The SMILES string of the molecule is CCC(C)CCCCCCCCCCC(=O)O[C@H](COC(=O)CCCCCCCCCCCC(C)C)COP(=O)(O)OCC(O)COP(=O)(O)OC[C@@H](COC(=O)CCCCCCCCCCC(C)C)OC(=O)CCCCCCCCCCCC(C)C. The van der Waals surface area contributed by atoms with E-state index >= 15 is 0 Å². The third-order valence-electron chi connectivity index (χ3n) is 15.9. The van der Waals surface area contributed by atoms with Crippen LogP contribution in [-0.2, 0) is 65.4 Å². The fourth-order valence-corrected chi connectivity index (χ4v) is 11.7. The maximum Gasteiger partial charge on any atom is 0.472 e. The molecule has 0 aromatic heterocycles. The molecular formula is C68H132O17P2. The van der Waals surface area contributed by atoms with Crippen LogP contribution in [0.15, 0.2) is 0 Å². The van der Waals surface area contributed by atoms with Gasteiger partial charge in [0, 0.05) is 25.7 Å². The molecule has 4 unspecified atom stereocenters. The Hall–Kier alpha value is -1.94. The van der Waals surface area contributed by atoms with Gasteiger partial charge in [-0.05, 0) is 49.4 Å². The number of hydrogen-bond acceptors (Lipinski definition) is 15. The van der Waals surface area contributed by atoms with Crippen molar-refractivity contribution in [2.75, 3.05) is 39.6 Å². The van der Waals surface area contributed by atoms with E-state index in [1.807, 2.05) is 0 Å². The second kappa shape index (κ2) is 57.9. The van der Waals surface area contributed by atoms with Gasteiger partial charge in [-0.1, -0.05) is 280 Å². The molecule has 87 heavy (non-hydrogen) atoms. The van der Waals surface area contributed by atoms with E-state index in [1.54, 1.807) is 0 Å². The third-order valence-corrected chi connectivity index (χ3v) is 17.8. The number of carbonyl (C=O) groups is 4. The topological polar surface area (TPSA) is 237 Å². The highest BCUT2D eigenvalue weighted by Crippen LogP contribution is 2.45. The Bertz CT molecular complexity index is 1730. The summed E-state index contributed by atoms with van der Waals surface area (Å²) < 4.78 is 68.2. The van der Waals surface area contributed by atoms with Crippen LogP contribution in [0.1, 0.15) is 331 Å². The Balaban J connectivity index is 5.27. The monoisotopic (exact) mass is 1280 g/mol. The van der Waals surface area contributed by atoms with Gasteiger partial charge in [0.2, 0.25) is 0 Å². The van der Waals surface area contributed by atoms with Gasteiger partial charge in [0.1, 0.15) is 19.3 Å². The zero-order valence-electron chi connectivity index (χ0n) is 56.6. The van der Waals surface area contributed by atoms with E-state index in [1.165, 1.54) is 135 Å². The molecule has 516 valence electrons. The van der Waals surface area contributed by atoms with Gasteiger partial charge in [0.15, 0.2) is 12.2 Å². The first-order chi connectivity index (χ1) is 41.6. The largest absolute Gasteiger partial charge is 0.472 e. The zero-order valence-corrected chi connectivity index (χ0v) is 58.4. The molecule has 0 aliphatic heterocycles. The second-order valence-corrected chi connectivity index (χ2v) is 29.1. The lowest BCUT2D eigenvalue weighted by atomic mass is 9.99. The summed E-state index contributed by atoms with van der Waals surface area (Å²) in [5.74, 6) is 0.842. The number of phosphoric acid groups is 2. The number of phosphoric ester groups is 2. The summed E-state index contributed by atoms with van der Waals surface area (Å²) in [6.45, 7) is 14.0. The van der Waals surface area contributed by atoms with E-state index in [9.17, 15) is 43.2 Å². The number of unbranched alkanes of at least 4 members (excludes halogenated alkanes) is 30. The number of hydrogen-bond donors (Lipinski definition) is 3. The van der Waals surface area contributed by atoms with E-state index in [0.717, 1.165) is 114 Å². The van der Waals surface area contributed by atoms with Gasteiger partial charge >= 0.3 is 39.5 Å². The van der Waals surface area contributed by atoms with Crippen molar-refractivity contribution in [1.29, 1.82) is 0 Å². The van der Waals surface area contributed by atoms with Crippen molar-refractivity contribution in [3.8, 4) is 0 Å². The molecule has 6 atom stereocenters. The van der Waals surface area contributed by atoms with Gasteiger partial charge in [-0.15, -0.1) is 0 Å². The molecule has 0 spiro atoms. The van der Waals surface area contributed by atoms with Crippen LogP contribution in [0, 0.1) is 23.7 Å². The van der Waals surface area contributed by atoms with Gasteiger partial charge in [-0.2, -0.15) is 0 Å². The molecule has 0 saturated heterocycles. The van der Waals surface area contributed by atoms with Crippen molar-refractivity contribution in [3.63, 3.8) is 0 Å². The molecule has 0 aliphatic carbocycles. The minimum Gasteiger partial charge on any atom is -0.462 e. The molecule has 0 fully saturated rings. The highest BCUT2D eigenvalue weighted by atomic mass is 31.2. The minimum atomic E-state index is -4.95. The summed E-state index contributed by atoms with van der Waals surface area (Å²) in [5.41, 5.74) is 0. The highest BCUT2D eigenvalue weighted by molar-refractivity contribution is 7.47. The Morgan fingerprint density at radius 3 is 0.816 bits per heavy atom. The number of carbonyl (C=O) groups excluding carboxylic acids is 4. The molecule has 0 aliphatic rings. The summed E-state index contributed by atoms with van der Waals surface area (Å²) in [6, 6.07) is 0. The number of ether oxygens (including phenoxy) is 4. The summed E-state index contributed by atoms with van der Waals surface area (Å²) >= 11 is 0. The second-order valence-electron chi connectivity index (χ2n) is 26.2. The van der Waals surface area contributed by atoms with E-state index < -0.39 is 97.5 Å². The standard InChI is InChI=1S/C68H132O17P2/c1-9-61(8)47-39-31-23-17-19-27-35-43-51-68(73)85-64(54-78-65(70)48-40-32-24-14-10-12-20-28-36-44-58(2)3)57-83-87(76,77)81-53-62(69)52-80-86(74,75)82-56-63(55-79-66(71)49-41-33-25-18-16-22-30-38-46-60(6)7)84-67(72)50-42-34-26-15-11-13-21-29-37-45-59(4)5/h58-64,69H,9-57H2,1-8H3,(H,74,75)(H,76,77)/t61?,62?,63-,64-/m1/s1. The van der Waals surface area contributed by atoms with Crippen molar-refractivity contribution in [3.05, 3.63) is 0 Å². The quantitative estimate of drug-likeness (QED) is 0.0222. The van der Waals surface area contributed by atoms with E-state index in [0.29, 0.717) is 25.7 Å². The van der Waals surface area contributed by atoms with Crippen LogP contribution in [-0.4, -0.2) is 96.7 Å². The molecule has 0 aromatic rings. The van der Waals surface area contributed by atoms with Gasteiger partial charge in [-0.25, -0.2) is 9.13 Å². The lowest BCUT2D eigenvalue weighted by molar-refractivity contribution is -0.161. The van der Waals surface area contributed by atoms with Crippen LogP contribution in [0.5, 0.6) is 0 Å². The average molecular weight is 1280 g/mol. The molecule has 0 rings (SSSR count). The van der Waals surface area contributed by atoms with E-state index in [-0.39, 0.29) is 25.7 Å². The van der Waals surface area contributed by atoms with Crippen LogP contribution in [0.4, 0.5) is 0 Å². The average Bonchev–Trinajstić information content (AvgIpc) is 3.57. The van der Waals surface area contributed by atoms with Gasteiger partial charge < -0.3 is 33.8 Å². The number of esters is 4. The minimum absolute atomic E-state index is 0.104. The highest BCUT2D eigenvalue weighted by Gasteiger charge is 2.30. The lowest BCUT2D eigenvalue weighted by Gasteiger charge is -2.21. The number of aliphatic hydroxyl groups is 1. The molecule has 0 aromatic carbocycles. The Morgan fingerprint density at radius 1 is 0.322 bits per heavy atom. The van der Waals surface area contributed by atoms with Crippen LogP contribution in [0.3, 0.4) is 0 Å².